The van der Waals surface area contributed by atoms with Crippen LogP contribution in [-0.4, -0.2) is 69.1 Å². The average molecular weight is 442 g/mol. The van der Waals surface area contributed by atoms with Gasteiger partial charge in [0.25, 0.3) is 8.18 Å². The minimum Gasteiger partial charge on any atom is -0.462 e. The van der Waals surface area contributed by atoms with Gasteiger partial charge in [-0.2, -0.15) is 0 Å². The van der Waals surface area contributed by atoms with E-state index in [2.05, 4.69) is 25.4 Å². The average Bonchev–Trinajstić information content (AvgIpc) is 3.26. The lowest BCUT2D eigenvalue weighted by Crippen LogP contribution is -2.29. The molecule has 2 aromatic rings. The Labute approximate surface area is 174 Å². The summed E-state index contributed by atoms with van der Waals surface area (Å²) in [7, 11) is -0.960. The number of ether oxygens (including phenoxy) is 2. The number of nitrogens with zero attached hydrogens (tertiary/aromatic N) is 4. The van der Waals surface area contributed by atoms with Crippen molar-refractivity contribution >= 4 is 31.1 Å². The summed E-state index contributed by atoms with van der Waals surface area (Å²) in [4.78, 5) is 24.2. The molecule has 13 heteroatoms. The summed E-state index contributed by atoms with van der Waals surface area (Å²) in [5, 5.41) is 16.0. The third kappa shape index (κ3) is 4.96. The molecular weight excluding hydrogens is 415 g/mol. The van der Waals surface area contributed by atoms with Crippen molar-refractivity contribution < 1.29 is 28.5 Å². The van der Waals surface area contributed by atoms with Crippen LogP contribution >= 0.6 is 8.18 Å². The Balaban J connectivity index is 1.59. The molecule has 0 aromatic carbocycles. The molecule has 1 unspecified atom stereocenters. The minimum absolute atomic E-state index is 0.102. The number of nitrogens with one attached hydrogen (secondary N) is 2. The van der Waals surface area contributed by atoms with Gasteiger partial charge in [0.05, 0.1) is 25.1 Å². The molecular formula is C17H27N6O6P. The molecule has 166 valence electrons. The first-order valence-electron chi connectivity index (χ1n) is 9.60. The molecule has 2 aromatic heterocycles. The maximum atomic E-state index is 12.0. The van der Waals surface area contributed by atoms with Crippen molar-refractivity contribution in [2.75, 3.05) is 25.5 Å². The number of hydrogen-bond donors (Lipinski definition) is 3. The van der Waals surface area contributed by atoms with E-state index in [4.69, 9.17) is 14.0 Å². The molecule has 12 nitrogen and oxygen atoms in total. The quantitative estimate of drug-likeness (QED) is 0.372. The first kappa shape index (κ1) is 22.6. The molecule has 30 heavy (non-hydrogen) atoms. The largest absolute Gasteiger partial charge is 0.462 e. The standard InChI is InChI=1S/C17H27N6O6P/c1-9(2)28-12(24)5-22-30(26)27-6-11-14(25)10(3)17(29-11)23-8-21-13-15(18-4)19-7-20-16(13)23/h7-11,14,17,25,30H,5-6H2,1-4H3,(H,22,26)(H,18,19,20)/t10-,11+,14-,17+/m0/s1. The van der Waals surface area contributed by atoms with Gasteiger partial charge in [0.2, 0.25) is 0 Å². The molecule has 3 heterocycles. The number of hydrogen-bond acceptors (Lipinski definition) is 10. The maximum Gasteiger partial charge on any atom is 0.320 e. The van der Waals surface area contributed by atoms with E-state index in [9.17, 15) is 14.5 Å². The molecule has 3 rings (SSSR count). The van der Waals surface area contributed by atoms with E-state index in [-0.39, 0.29) is 25.2 Å². The van der Waals surface area contributed by atoms with Crippen molar-refractivity contribution in [3.8, 4) is 0 Å². The van der Waals surface area contributed by atoms with E-state index >= 15 is 0 Å². The number of rotatable bonds is 9. The highest BCUT2D eigenvalue weighted by Gasteiger charge is 2.42. The zero-order valence-electron chi connectivity index (χ0n) is 17.2. The summed E-state index contributed by atoms with van der Waals surface area (Å²) in [6.45, 7) is 4.96. The second-order valence-electron chi connectivity index (χ2n) is 7.20. The van der Waals surface area contributed by atoms with E-state index < -0.39 is 32.6 Å². The molecule has 1 fully saturated rings. The van der Waals surface area contributed by atoms with E-state index in [1.807, 2.05) is 6.92 Å². The van der Waals surface area contributed by atoms with E-state index in [0.717, 1.165) is 0 Å². The van der Waals surface area contributed by atoms with Crippen molar-refractivity contribution in [2.45, 2.75) is 45.3 Å². The number of aliphatic hydroxyl groups is 1. The molecule has 0 amide bonds. The topological polar surface area (TPSA) is 150 Å². The minimum atomic E-state index is -2.70. The molecule has 1 aliphatic heterocycles. The molecule has 1 aliphatic rings. The van der Waals surface area contributed by atoms with Gasteiger partial charge in [-0.15, -0.1) is 0 Å². The van der Waals surface area contributed by atoms with E-state index in [1.165, 1.54) is 6.33 Å². The summed E-state index contributed by atoms with van der Waals surface area (Å²) in [5.74, 6) is -0.224. The predicted molar refractivity (Wildman–Crippen MR) is 108 cm³/mol. The highest BCUT2D eigenvalue weighted by molar-refractivity contribution is 7.36. The lowest BCUT2D eigenvalue weighted by atomic mass is 10.0. The van der Waals surface area contributed by atoms with Crippen LogP contribution in [0.5, 0.6) is 0 Å². The summed E-state index contributed by atoms with van der Waals surface area (Å²) in [6.07, 6.45) is 0.670. The summed E-state index contributed by atoms with van der Waals surface area (Å²) >= 11 is 0. The van der Waals surface area contributed by atoms with E-state index in [0.29, 0.717) is 17.0 Å². The van der Waals surface area contributed by atoms with Gasteiger partial charge in [-0.25, -0.2) is 20.0 Å². The number of aliphatic hydroxyl groups excluding tert-OH is 1. The molecule has 0 spiro atoms. The normalized spacial score (nSPS) is 25.0. The highest BCUT2D eigenvalue weighted by atomic mass is 31.1. The third-order valence-corrected chi connectivity index (χ3v) is 5.57. The molecule has 3 N–H and O–H groups in total. The van der Waals surface area contributed by atoms with Gasteiger partial charge >= 0.3 is 5.97 Å². The zero-order chi connectivity index (χ0) is 21.8. The fraction of sp³-hybridized carbons (Fsp3) is 0.647. The lowest BCUT2D eigenvalue weighted by Gasteiger charge is -2.17. The van der Waals surface area contributed by atoms with Crippen LogP contribution in [0.15, 0.2) is 12.7 Å². The SMILES string of the molecule is CNc1ncnc2c1ncn2[C@@H]1O[C@H](CO[PH](=O)NCC(=O)OC(C)C)[C@@H](O)[C@@H]1C. The van der Waals surface area contributed by atoms with Crippen molar-refractivity contribution in [1.29, 1.82) is 0 Å². The van der Waals surface area contributed by atoms with Crippen molar-refractivity contribution in [3.05, 3.63) is 12.7 Å². The molecule has 0 radical (unpaired) electrons. The Morgan fingerprint density at radius 3 is 2.87 bits per heavy atom. The monoisotopic (exact) mass is 442 g/mol. The number of esters is 1. The molecule has 0 bridgehead atoms. The van der Waals surface area contributed by atoms with Gasteiger partial charge in [-0.05, 0) is 13.8 Å². The highest BCUT2D eigenvalue weighted by Crippen LogP contribution is 2.37. The van der Waals surface area contributed by atoms with Crippen molar-refractivity contribution in [3.63, 3.8) is 0 Å². The Hall–Kier alpha value is -2.11. The number of carbonyl (C=O) groups is 1. The number of anilines is 1. The fourth-order valence-electron chi connectivity index (χ4n) is 3.23. The lowest BCUT2D eigenvalue weighted by molar-refractivity contribution is -0.145. The summed E-state index contributed by atoms with van der Waals surface area (Å²) < 4.78 is 29.9. The Morgan fingerprint density at radius 1 is 1.40 bits per heavy atom. The molecule has 0 saturated carbocycles. The zero-order valence-corrected chi connectivity index (χ0v) is 18.2. The van der Waals surface area contributed by atoms with Crippen LogP contribution in [0.3, 0.4) is 0 Å². The smallest absolute Gasteiger partial charge is 0.320 e. The Kier molecular flexibility index (Phi) is 7.37. The van der Waals surface area contributed by atoms with Crippen LogP contribution in [0.4, 0.5) is 5.82 Å². The first-order chi connectivity index (χ1) is 14.3. The second-order valence-corrected chi connectivity index (χ2v) is 8.42. The maximum absolute atomic E-state index is 12.0. The summed E-state index contributed by atoms with van der Waals surface area (Å²) in [6, 6.07) is 0. The van der Waals surface area contributed by atoms with Gasteiger partial charge in [0.1, 0.15) is 30.7 Å². The van der Waals surface area contributed by atoms with Gasteiger partial charge in [0.15, 0.2) is 11.5 Å². The number of imidazole rings is 1. The van der Waals surface area contributed by atoms with E-state index in [1.54, 1.807) is 31.8 Å². The predicted octanol–water partition coefficient (Wildman–Crippen LogP) is 0.710. The molecule has 0 aliphatic carbocycles. The molecule has 1 saturated heterocycles. The number of fused-ring (bicyclic) bond motifs is 1. The number of aromatic nitrogens is 4. The van der Waals surface area contributed by atoms with Crippen LogP contribution < -0.4 is 10.4 Å². The van der Waals surface area contributed by atoms with Crippen LogP contribution in [-0.2, 0) is 23.4 Å². The van der Waals surface area contributed by atoms with Gasteiger partial charge in [-0.1, -0.05) is 6.92 Å². The Morgan fingerprint density at radius 2 is 2.17 bits per heavy atom. The van der Waals surface area contributed by atoms with Crippen molar-refractivity contribution in [2.24, 2.45) is 5.92 Å². The van der Waals surface area contributed by atoms with Gasteiger partial charge in [-0.3, -0.25) is 13.9 Å². The van der Waals surface area contributed by atoms with Crippen LogP contribution in [0, 0.1) is 5.92 Å². The summed E-state index contributed by atoms with van der Waals surface area (Å²) in [5.41, 5.74) is 1.16. The molecule has 5 atom stereocenters. The van der Waals surface area contributed by atoms with Gasteiger partial charge < -0.3 is 24.4 Å². The van der Waals surface area contributed by atoms with Crippen LogP contribution in [0.1, 0.15) is 27.0 Å². The first-order valence-corrected chi connectivity index (χ1v) is 10.9. The van der Waals surface area contributed by atoms with Crippen molar-refractivity contribution in [1.82, 2.24) is 24.6 Å². The van der Waals surface area contributed by atoms with Crippen LogP contribution in [0.25, 0.3) is 11.2 Å². The second kappa shape index (κ2) is 9.80. The van der Waals surface area contributed by atoms with Gasteiger partial charge in [0, 0.05) is 13.0 Å². The third-order valence-electron chi connectivity index (χ3n) is 4.68. The fourth-order valence-corrected chi connectivity index (χ4v) is 3.93. The Bertz CT molecular complexity index is 908. The van der Waals surface area contributed by atoms with Crippen LogP contribution in [0.2, 0.25) is 0 Å². The number of carbonyl (C=O) groups excluding carboxylic acids is 1.